The Bertz CT molecular complexity index is 317. The van der Waals surface area contributed by atoms with Crippen molar-refractivity contribution in [2.24, 2.45) is 5.84 Å². The lowest BCUT2D eigenvalue weighted by Gasteiger charge is -2.03. The van der Waals surface area contributed by atoms with Crippen LogP contribution in [0.5, 0.6) is 0 Å². The van der Waals surface area contributed by atoms with Gasteiger partial charge in [0.25, 0.3) is 0 Å². The molecular formula is C8H9N3S. The summed E-state index contributed by atoms with van der Waals surface area (Å²) in [6, 6.07) is 7.50. The number of nitriles is 1. The van der Waals surface area contributed by atoms with E-state index in [1.807, 2.05) is 12.1 Å². The number of rotatable bonds is 2. The van der Waals surface area contributed by atoms with Crippen molar-refractivity contribution >= 4 is 18.3 Å². The van der Waals surface area contributed by atoms with Gasteiger partial charge in [-0.3, -0.25) is 5.84 Å². The Morgan fingerprint density at radius 1 is 1.58 bits per heavy atom. The molecule has 0 saturated carbocycles. The fraction of sp³-hybridized carbons (Fsp3) is 0.125. The molecule has 0 aliphatic carbocycles. The second kappa shape index (κ2) is 4.00. The molecule has 1 aromatic rings. The van der Waals surface area contributed by atoms with Gasteiger partial charge < -0.3 is 5.43 Å². The van der Waals surface area contributed by atoms with Gasteiger partial charge in [-0.15, -0.1) is 12.6 Å². The maximum Gasteiger partial charge on any atom is 0.0670 e. The van der Waals surface area contributed by atoms with Crippen LogP contribution in [-0.2, 0) is 6.42 Å². The zero-order valence-electron chi connectivity index (χ0n) is 6.41. The Labute approximate surface area is 76.6 Å². The lowest BCUT2D eigenvalue weighted by molar-refractivity contribution is 1.18. The second-order valence-corrected chi connectivity index (χ2v) is 2.80. The number of anilines is 1. The van der Waals surface area contributed by atoms with Crippen LogP contribution in [0.3, 0.4) is 0 Å². The number of nitrogen functional groups attached to an aromatic ring is 1. The Kier molecular flexibility index (Phi) is 2.97. The SMILES string of the molecule is N#CCc1ccc(NN)cc1S. The van der Waals surface area contributed by atoms with E-state index in [-0.39, 0.29) is 0 Å². The molecule has 0 heterocycles. The Morgan fingerprint density at radius 2 is 2.33 bits per heavy atom. The fourth-order valence-electron chi connectivity index (χ4n) is 0.888. The first-order valence-electron chi connectivity index (χ1n) is 3.43. The van der Waals surface area contributed by atoms with Crippen molar-refractivity contribution in [1.29, 1.82) is 5.26 Å². The molecule has 0 aliphatic rings. The van der Waals surface area contributed by atoms with E-state index >= 15 is 0 Å². The number of hydrazine groups is 1. The lowest BCUT2D eigenvalue weighted by Crippen LogP contribution is -2.06. The third-order valence-electron chi connectivity index (χ3n) is 1.52. The summed E-state index contributed by atoms with van der Waals surface area (Å²) in [6.07, 6.45) is 0.379. The van der Waals surface area contributed by atoms with Gasteiger partial charge in [-0.05, 0) is 17.7 Å². The Morgan fingerprint density at radius 3 is 2.83 bits per heavy atom. The minimum absolute atomic E-state index is 0.379. The van der Waals surface area contributed by atoms with E-state index < -0.39 is 0 Å². The molecule has 0 fully saturated rings. The minimum atomic E-state index is 0.379. The number of benzene rings is 1. The van der Waals surface area contributed by atoms with Crippen molar-refractivity contribution in [3.63, 3.8) is 0 Å². The first-order chi connectivity index (χ1) is 5.77. The summed E-state index contributed by atoms with van der Waals surface area (Å²) in [4.78, 5) is 0.784. The predicted molar refractivity (Wildman–Crippen MR) is 50.8 cm³/mol. The molecule has 0 unspecified atom stereocenters. The van der Waals surface area contributed by atoms with E-state index in [0.717, 1.165) is 16.1 Å². The highest BCUT2D eigenvalue weighted by Gasteiger charge is 1.98. The Balaban J connectivity index is 2.97. The van der Waals surface area contributed by atoms with E-state index in [9.17, 15) is 0 Å². The van der Waals surface area contributed by atoms with Crippen molar-refractivity contribution in [1.82, 2.24) is 0 Å². The quantitative estimate of drug-likeness (QED) is 0.364. The van der Waals surface area contributed by atoms with Gasteiger partial charge in [0.1, 0.15) is 0 Å². The van der Waals surface area contributed by atoms with E-state index in [2.05, 4.69) is 24.1 Å². The summed E-state index contributed by atoms with van der Waals surface area (Å²) in [5.41, 5.74) is 4.22. The van der Waals surface area contributed by atoms with Crippen molar-refractivity contribution < 1.29 is 0 Å². The molecule has 3 N–H and O–H groups in total. The molecule has 1 aromatic carbocycles. The average Bonchev–Trinajstić information content (AvgIpc) is 2.09. The van der Waals surface area contributed by atoms with Crippen LogP contribution in [0.25, 0.3) is 0 Å². The van der Waals surface area contributed by atoms with E-state index in [1.54, 1.807) is 6.07 Å². The molecule has 0 amide bonds. The molecule has 0 atom stereocenters. The minimum Gasteiger partial charge on any atom is -0.324 e. The molecule has 4 heteroatoms. The largest absolute Gasteiger partial charge is 0.324 e. The molecule has 0 aromatic heterocycles. The van der Waals surface area contributed by atoms with Crippen molar-refractivity contribution in [2.75, 3.05) is 5.43 Å². The second-order valence-electron chi connectivity index (χ2n) is 2.32. The van der Waals surface area contributed by atoms with Crippen LogP contribution in [0.4, 0.5) is 5.69 Å². The van der Waals surface area contributed by atoms with Gasteiger partial charge in [0.05, 0.1) is 12.5 Å². The highest BCUT2D eigenvalue weighted by Crippen LogP contribution is 2.18. The zero-order valence-corrected chi connectivity index (χ0v) is 7.31. The molecule has 0 saturated heterocycles. The molecule has 12 heavy (non-hydrogen) atoms. The first kappa shape index (κ1) is 8.91. The van der Waals surface area contributed by atoms with Gasteiger partial charge in [0.2, 0.25) is 0 Å². The van der Waals surface area contributed by atoms with Crippen LogP contribution in [0, 0.1) is 11.3 Å². The Hall–Kier alpha value is -1.18. The monoisotopic (exact) mass is 179 g/mol. The molecule has 1 rings (SSSR count). The summed E-state index contributed by atoms with van der Waals surface area (Å²) in [5.74, 6) is 5.19. The summed E-state index contributed by atoms with van der Waals surface area (Å²) < 4.78 is 0. The van der Waals surface area contributed by atoms with Crippen molar-refractivity contribution in [3.05, 3.63) is 23.8 Å². The van der Waals surface area contributed by atoms with Crippen molar-refractivity contribution in [2.45, 2.75) is 11.3 Å². The fourth-order valence-corrected chi connectivity index (χ4v) is 1.18. The highest BCUT2D eigenvalue weighted by molar-refractivity contribution is 7.80. The van der Waals surface area contributed by atoms with Crippen LogP contribution in [-0.4, -0.2) is 0 Å². The maximum atomic E-state index is 8.45. The van der Waals surface area contributed by atoms with E-state index in [4.69, 9.17) is 11.1 Å². The van der Waals surface area contributed by atoms with Crippen LogP contribution < -0.4 is 11.3 Å². The maximum absolute atomic E-state index is 8.45. The van der Waals surface area contributed by atoms with E-state index in [0.29, 0.717) is 6.42 Å². The summed E-state index contributed by atoms with van der Waals surface area (Å²) in [7, 11) is 0. The number of nitrogens with zero attached hydrogens (tertiary/aromatic N) is 1. The normalized spacial score (nSPS) is 9.08. The first-order valence-corrected chi connectivity index (χ1v) is 3.88. The van der Waals surface area contributed by atoms with Gasteiger partial charge in [0.15, 0.2) is 0 Å². The van der Waals surface area contributed by atoms with Crippen LogP contribution >= 0.6 is 12.6 Å². The van der Waals surface area contributed by atoms with Crippen LogP contribution in [0.15, 0.2) is 23.1 Å². The zero-order chi connectivity index (χ0) is 8.97. The number of nitrogens with one attached hydrogen (secondary N) is 1. The smallest absolute Gasteiger partial charge is 0.0670 e. The summed E-state index contributed by atoms with van der Waals surface area (Å²) in [6.45, 7) is 0. The van der Waals surface area contributed by atoms with Crippen LogP contribution in [0.1, 0.15) is 5.56 Å². The predicted octanol–water partition coefficient (Wildman–Crippen LogP) is 1.33. The third kappa shape index (κ3) is 1.91. The van der Waals surface area contributed by atoms with Crippen LogP contribution in [0.2, 0.25) is 0 Å². The topological polar surface area (TPSA) is 61.8 Å². The summed E-state index contributed by atoms with van der Waals surface area (Å²) in [5, 5.41) is 8.45. The molecule has 0 spiro atoms. The third-order valence-corrected chi connectivity index (χ3v) is 1.94. The molecule has 3 nitrogen and oxygen atoms in total. The average molecular weight is 179 g/mol. The van der Waals surface area contributed by atoms with Gasteiger partial charge in [0, 0.05) is 10.6 Å². The molecule has 0 radical (unpaired) electrons. The van der Waals surface area contributed by atoms with Crippen molar-refractivity contribution in [3.8, 4) is 6.07 Å². The molecular weight excluding hydrogens is 170 g/mol. The van der Waals surface area contributed by atoms with E-state index in [1.165, 1.54) is 0 Å². The number of nitrogens with two attached hydrogens (primary N) is 1. The molecule has 0 bridgehead atoms. The standard InChI is InChI=1S/C8H9N3S/c9-4-3-6-1-2-7(11-10)5-8(6)12/h1-2,5,11-12H,3,10H2. The highest BCUT2D eigenvalue weighted by atomic mass is 32.1. The van der Waals surface area contributed by atoms with Gasteiger partial charge in [-0.25, -0.2) is 0 Å². The van der Waals surface area contributed by atoms with Gasteiger partial charge in [-0.2, -0.15) is 5.26 Å². The lowest BCUT2D eigenvalue weighted by atomic mass is 10.1. The van der Waals surface area contributed by atoms with Gasteiger partial charge in [-0.1, -0.05) is 6.07 Å². The molecule has 0 aliphatic heterocycles. The molecule has 62 valence electrons. The van der Waals surface area contributed by atoms with Gasteiger partial charge >= 0.3 is 0 Å². The summed E-state index contributed by atoms with van der Waals surface area (Å²) >= 11 is 4.21. The number of thiol groups is 1. The number of hydrogen-bond donors (Lipinski definition) is 3. The number of hydrogen-bond acceptors (Lipinski definition) is 4.